The Kier molecular flexibility index (Phi) is 4.12. The van der Waals surface area contributed by atoms with E-state index < -0.39 is 0 Å². The predicted molar refractivity (Wildman–Crippen MR) is 77.4 cm³/mol. The number of likely N-dealkylation sites (tertiary alicyclic amines) is 1. The first-order valence-corrected chi connectivity index (χ1v) is 6.94. The summed E-state index contributed by atoms with van der Waals surface area (Å²) in [5, 5.41) is 0. The molecule has 100 valence electrons. The molecule has 0 spiro atoms. The summed E-state index contributed by atoms with van der Waals surface area (Å²) >= 11 is 3.21. The fourth-order valence-corrected chi connectivity index (χ4v) is 2.84. The summed E-state index contributed by atoms with van der Waals surface area (Å²) in [6.07, 6.45) is 2.46. The molecule has 1 aromatic rings. The lowest BCUT2D eigenvalue weighted by Gasteiger charge is -2.28. The molecule has 1 fully saturated rings. The minimum Gasteiger partial charge on any atom is -0.397 e. The Balaban J connectivity index is 2.13. The van der Waals surface area contributed by atoms with E-state index in [9.17, 15) is 4.39 Å². The van der Waals surface area contributed by atoms with Crippen molar-refractivity contribution < 1.29 is 4.39 Å². The second-order valence-electron chi connectivity index (χ2n) is 4.98. The molecule has 1 saturated heterocycles. The minimum atomic E-state index is -0.317. The summed E-state index contributed by atoms with van der Waals surface area (Å²) in [5.74, 6) is -0.317. The summed E-state index contributed by atoms with van der Waals surface area (Å²) in [7, 11) is 4.15. The lowest BCUT2D eigenvalue weighted by Crippen LogP contribution is -2.36. The summed E-state index contributed by atoms with van der Waals surface area (Å²) in [6, 6.07) is 3.67. The molecule has 2 rings (SSSR count). The van der Waals surface area contributed by atoms with Gasteiger partial charge in [-0.05, 0) is 48.4 Å². The van der Waals surface area contributed by atoms with Crippen LogP contribution in [0.3, 0.4) is 0 Å². The first kappa shape index (κ1) is 13.6. The Hall–Kier alpha value is -0.810. The molecule has 0 aliphatic carbocycles. The van der Waals surface area contributed by atoms with E-state index in [4.69, 9.17) is 5.73 Å². The van der Waals surface area contributed by atoms with Crippen LogP contribution in [-0.2, 0) is 0 Å². The number of hydrogen-bond acceptors (Lipinski definition) is 3. The quantitative estimate of drug-likeness (QED) is 0.870. The van der Waals surface area contributed by atoms with Crippen molar-refractivity contribution in [2.45, 2.75) is 18.9 Å². The molecule has 5 heteroatoms. The van der Waals surface area contributed by atoms with Gasteiger partial charge in [0.15, 0.2) is 0 Å². The van der Waals surface area contributed by atoms with Gasteiger partial charge in [0.05, 0.1) is 15.8 Å². The topological polar surface area (TPSA) is 32.5 Å². The zero-order chi connectivity index (χ0) is 13.3. The van der Waals surface area contributed by atoms with Crippen molar-refractivity contribution in [3.8, 4) is 0 Å². The van der Waals surface area contributed by atoms with E-state index in [1.54, 1.807) is 6.07 Å². The summed E-state index contributed by atoms with van der Waals surface area (Å²) in [5.41, 5.74) is 7.25. The fraction of sp³-hybridized carbons (Fsp3) is 0.538. The van der Waals surface area contributed by atoms with Crippen LogP contribution in [0.5, 0.6) is 0 Å². The third-order valence-corrected chi connectivity index (χ3v) is 4.24. The molecule has 0 bridgehead atoms. The molecule has 1 heterocycles. The van der Waals surface area contributed by atoms with Crippen LogP contribution in [0.2, 0.25) is 0 Å². The molecule has 0 radical (unpaired) electrons. The summed E-state index contributed by atoms with van der Waals surface area (Å²) < 4.78 is 13.8. The van der Waals surface area contributed by atoms with Crippen LogP contribution >= 0.6 is 15.9 Å². The SMILES string of the molecule is CN(CC1CCCN1C)c1cc(Br)c(F)cc1N. The van der Waals surface area contributed by atoms with Crippen LogP contribution in [0.1, 0.15) is 12.8 Å². The number of nitrogen functional groups attached to an aromatic ring is 1. The number of rotatable bonds is 3. The van der Waals surface area contributed by atoms with Crippen molar-refractivity contribution in [3.63, 3.8) is 0 Å². The highest BCUT2D eigenvalue weighted by atomic mass is 79.9. The lowest BCUT2D eigenvalue weighted by atomic mass is 10.2. The van der Waals surface area contributed by atoms with Crippen molar-refractivity contribution in [1.82, 2.24) is 4.90 Å². The molecular weight excluding hydrogens is 297 g/mol. The fourth-order valence-electron chi connectivity index (χ4n) is 2.51. The van der Waals surface area contributed by atoms with Crippen molar-refractivity contribution in [3.05, 3.63) is 22.4 Å². The number of nitrogens with two attached hydrogens (primary N) is 1. The van der Waals surface area contributed by atoms with E-state index in [-0.39, 0.29) is 5.82 Å². The molecule has 0 aromatic heterocycles. The number of hydrogen-bond donors (Lipinski definition) is 1. The number of nitrogens with zero attached hydrogens (tertiary/aromatic N) is 2. The Morgan fingerprint density at radius 3 is 2.89 bits per heavy atom. The third kappa shape index (κ3) is 2.78. The maximum absolute atomic E-state index is 13.3. The molecule has 0 amide bonds. The van der Waals surface area contributed by atoms with E-state index in [0.717, 1.165) is 18.8 Å². The van der Waals surface area contributed by atoms with Crippen LogP contribution in [0.25, 0.3) is 0 Å². The molecule has 1 aromatic carbocycles. The standard InChI is InChI=1S/C13H19BrFN3/c1-17-5-3-4-9(17)8-18(2)13-6-10(14)11(15)7-12(13)16/h6-7,9H,3-5,8,16H2,1-2H3. The average Bonchev–Trinajstić information content (AvgIpc) is 2.69. The van der Waals surface area contributed by atoms with Gasteiger partial charge in [0.25, 0.3) is 0 Å². The van der Waals surface area contributed by atoms with Gasteiger partial charge in [0.1, 0.15) is 5.82 Å². The Bertz CT molecular complexity index is 438. The average molecular weight is 316 g/mol. The summed E-state index contributed by atoms with van der Waals surface area (Å²) in [4.78, 5) is 4.47. The molecular formula is C13H19BrFN3. The molecule has 1 aliphatic rings. The van der Waals surface area contributed by atoms with E-state index in [1.165, 1.54) is 18.9 Å². The third-order valence-electron chi connectivity index (χ3n) is 3.64. The van der Waals surface area contributed by atoms with E-state index in [0.29, 0.717) is 16.2 Å². The Morgan fingerprint density at radius 1 is 1.56 bits per heavy atom. The second kappa shape index (κ2) is 5.45. The largest absolute Gasteiger partial charge is 0.397 e. The molecule has 1 atom stereocenters. The maximum Gasteiger partial charge on any atom is 0.139 e. The molecule has 1 aliphatic heterocycles. The van der Waals surface area contributed by atoms with Crippen LogP contribution in [-0.4, -0.2) is 38.1 Å². The monoisotopic (exact) mass is 315 g/mol. The zero-order valence-corrected chi connectivity index (χ0v) is 12.4. The Labute approximate surface area is 116 Å². The van der Waals surface area contributed by atoms with Crippen LogP contribution in [0, 0.1) is 5.82 Å². The highest BCUT2D eigenvalue weighted by molar-refractivity contribution is 9.10. The minimum absolute atomic E-state index is 0.317. The van der Waals surface area contributed by atoms with Gasteiger partial charge < -0.3 is 15.5 Å². The predicted octanol–water partition coefficient (Wildman–Crippen LogP) is 2.70. The molecule has 18 heavy (non-hydrogen) atoms. The van der Waals surface area contributed by atoms with Gasteiger partial charge in [0, 0.05) is 25.7 Å². The normalized spacial score (nSPS) is 20.3. The molecule has 1 unspecified atom stereocenters. The van der Waals surface area contributed by atoms with Gasteiger partial charge in [-0.15, -0.1) is 0 Å². The number of anilines is 2. The van der Waals surface area contributed by atoms with Gasteiger partial charge >= 0.3 is 0 Å². The highest BCUT2D eigenvalue weighted by Gasteiger charge is 2.23. The second-order valence-corrected chi connectivity index (χ2v) is 5.84. The van der Waals surface area contributed by atoms with E-state index in [2.05, 4.69) is 32.8 Å². The van der Waals surface area contributed by atoms with Gasteiger partial charge in [-0.3, -0.25) is 0 Å². The zero-order valence-electron chi connectivity index (χ0n) is 10.8. The van der Waals surface area contributed by atoms with Gasteiger partial charge in [-0.1, -0.05) is 0 Å². The lowest BCUT2D eigenvalue weighted by molar-refractivity contribution is 0.314. The summed E-state index contributed by atoms with van der Waals surface area (Å²) in [6.45, 7) is 2.07. The highest BCUT2D eigenvalue weighted by Crippen LogP contribution is 2.30. The van der Waals surface area contributed by atoms with Crippen LogP contribution in [0.4, 0.5) is 15.8 Å². The number of benzene rings is 1. The van der Waals surface area contributed by atoms with Crippen molar-refractivity contribution in [2.24, 2.45) is 0 Å². The van der Waals surface area contributed by atoms with Crippen molar-refractivity contribution in [1.29, 1.82) is 0 Å². The van der Waals surface area contributed by atoms with Gasteiger partial charge in [-0.25, -0.2) is 4.39 Å². The van der Waals surface area contributed by atoms with Crippen LogP contribution < -0.4 is 10.6 Å². The number of halogens is 2. The molecule has 2 N–H and O–H groups in total. The van der Waals surface area contributed by atoms with Gasteiger partial charge in [-0.2, -0.15) is 0 Å². The first-order valence-electron chi connectivity index (χ1n) is 6.15. The first-order chi connectivity index (χ1) is 8.49. The molecule has 3 nitrogen and oxygen atoms in total. The smallest absolute Gasteiger partial charge is 0.139 e. The van der Waals surface area contributed by atoms with Crippen molar-refractivity contribution in [2.75, 3.05) is 37.8 Å². The van der Waals surface area contributed by atoms with E-state index in [1.807, 2.05) is 7.05 Å². The van der Waals surface area contributed by atoms with E-state index >= 15 is 0 Å². The maximum atomic E-state index is 13.3. The van der Waals surface area contributed by atoms with Crippen molar-refractivity contribution >= 4 is 27.3 Å². The number of likely N-dealkylation sites (N-methyl/N-ethyl adjacent to an activating group) is 2. The Morgan fingerprint density at radius 2 is 2.28 bits per heavy atom. The molecule has 0 saturated carbocycles. The van der Waals surface area contributed by atoms with Gasteiger partial charge in [0.2, 0.25) is 0 Å². The van der Waals surface area contributed by atoms with Crippen LogP contribution in [0.15, 0.2) is 16.6 Å².